The Hall–Kier alpha value is -2.11. The van der Waals surface area contributed by atoms with Crippen LogP contribution in [0.3, 0.4) is 0 Å². The molecule has 1 aromatic heterocycles. The van der Waals surface area contributed by atoms with E-state index < -0.39 is 0 Å². The molecule has 0 spiro atoms. The molecule has 6 heteroatoms. The summed E-state index contributed by atoms with van der Waals surface area (Å²) in [6.07, 6.45) is 1.57. The predicted molar refractivity (Wildman–Crippen MR) is 72.7 cm³/mol. The molecule has 5 nitrogen and oxygen atoms in total. The van der Waals surface area contributed by atoms with Gasteiger partial charge in [0.2, 0.25) is 5.78 Å². The van der Waals surface area contributed by atoms with Crippen LogP contribution in [0.4, 0.5) is 0 Å². The summed E-state index contributed by atoms with van der Waals surface area (Å²) >= 11 is 5.98. The summed E-state index contributed by atoms with van der Waals surface area (Å²) < 4.78 is 1.33. The Morgan fingerprint density at radius 3 is 2.63 bits per heavy atom. The maximum Gasteiger partial charge on any atom is 0.252 e. The fraction of sp³-hybridized carbons (Fsp3) is 0.0769. The molecule has 0 atom stereocenters. The van der Waals surface area contributed by atoms with E-state index in [0.29, 0.717) is 16.3 Å². The van der Waals surface area contributed by atoms with E-state index >= 15 is 0 Å². The number of carbonyl (C=O) groups is 2. The van der Waals surface area contributed by atoms with Crippen molar-refractivity contribution >= 4 is 23.3 Å². The normalized spacial score (nSPS) is 10.2. The van der Waals surface area contributed by atoms with Crippen molar-refractivity contribution in [1.82, 2.24) is 4.68 Å². The van der Waals surface area contributed by atoms with Crippen molar-refractivity contribution in [3.05, 3.63) is 58.9 Å². The van der Waals surface area contributed by atoms with Crippen LogP contribution in [-0.4, -0.2) is 22.9 Å². The number of ketones is 1. The number of hydrogen-bond acceptors (Lipinski definition) is 3. The lowest BCUT2D eigenvalue weighted by Gasteiger charge is -2.10. The van der Waals surface area contributed by atoms with E-state index in [1.165, 1.54) is 4.68 Å². The van der Waals surface area contributed by atoms with Gasteiger partial charge >= 0.3 is 0 Å². The fourth-order valence-electron chi connectivity index (χ4n) is 1.63. The zero-order chi connectivity index (χ0) is 13.8. The van der Waals surface area contributed by atoms with E-state index in [1.807, 2.05) is 0 Å². The van der Waals surface area contributed by atoms with Crippen molar-refractivity contribution in [2.45, 2.75) is 0 Å². The number of nitrogens with two attached hydrogens (primary N) is 1. The van der Waals surface area contributed by atoms with E-state index in [9.17, 15) is 9.59 Å². The molecular formula is C13H12ClN3O2. The molecule has 0 aliphatic rings. The number of rotatable bonds is 4. The third-order valence-corrected chi connectivity index (χ3v) is 2.86. The third kappa shape index (κ3) is 2.83. The van der Waals surface area contributed by atoms with Gasteiger partial charge in [-0.1, -0.05) is 23.7 Å². The van der Waals surface area contributed by atoms with Crippen molar-refractivity contribution < 1.29 is 9.59 Å². The minimum atomic E-state index is -0.385. The van der Waals surface area contributed by atoms with Crippen molar-refractivity contribution in [3.8, 4) is 0 Å². The molecule has 0 saturated heterocycles. The number of halogens is 1. The van der Waals surface area contributed by atoms with Gasteiger partial charge in [0.05, 0.1) is 11.6 Å². The first kappa shape index (κ1) is 13.3. The minimum Gasteiger partial charge on any atom is -0.322 e. The summed E-state index contributed by atoms with van der Waals surface area (Å²) in [7, 11) is 0. The Kier molecular flexibility index (Phi) is 3.99. The van der Waals surface area contributed by atoms with Gasteiger partial charge in [-0.05, 0) is 24.3 Å². The highest BCUT2D eigenvalue weighted by atomic mass is 35.5. The van der Waals surface area contributed by atoms with Crippen LogP contribution in [0.1, 0.15) is 16.1 Å². The van der Waals surface area contributed by atoms with E-state index in [2.05, 4.69) is 5.43 Å². The molecule has 98 valence electrons. The van der Waals surface area contributed by atoms with Gasteiger partial charge in [0.1, 0.15) is 5.69 Å². The molecule has 3 N–H and O–H groups in total. The van der Waals surface area contributed by atoms with Gasteiger partial charge in [0.25, 0.3) is 5.91 Å². The fourth-order valence-corrected chi connectivity index (χ4v) is 1.85. The first-order valence-electron chi connectivity index (χ1n) is 5.60. The summed E-state index contributed by atoms with van der Waals surface area (Å²) in [5.74, 6) is -0.655. The Labute approximate surface area is 114 Å². The van der Waals surface area contributed by atoms with Crippen molar-refractivity contribution in [2.24, 2.45) is 5.73 Å². The summed E-state index contributed by atoms with van der Waals surface area (Å²) in [6, 6.07) is 10.00. The van der Waals surface area contributed by atoms with Gasteiger partial charge in [-0.15, -0.1) is 0 Å². The summed E-state index contributed by atoms with van der Waals surface area (Å²) in [6.45, 7) is -0.155. The number of carbonyl (C=O) groups excluding carboxylic acids is 2. The zero-order valence-electron chi connectivity index (χ0n) is 9.97. The van der Waals surface area contributed by atoms with Crippen molar-refractivity contribution in [3.63, 3.8) is 0 Å². The van der Waals surface area contributed by atoms with Gasteiger partial charge in [-0.2, -0.15) is 0 Å². The SMILES string of the molecule is NCC(=O)Nn1cccc1C(=O)c1ccccc1Cl. The Balaban J connectivity index is 2.33. The summed E-state index contributed by atoms with van der Waals surface area (Å²) in [5.41, 5.74) is 8.41. The zero-order valence-corrected chi connectivity index (χ0v) is 10.7. The van der Waals surface area contributed by atoms with Gasteiger partial charge in [0, 0.05) is 11.8 Å². The molecule has 1 heterocycles. The quantitative estimate of drug-likeness (QED) is 0.830. The van der Waals surface area contributed by atoms with Crippen LogP contribution in [0.2, 0.25) is 5.02 Å². The molecule has 19 heavy (non-hydrogen) atoms. The highest BCUT2D eigenvalue weighted by Gasteiger charge is 2.16. The maximum atomic E-state index is 12.3. The van der Waals surface area contributed by atoms with Crippen LogP contribution in [0.15, 0.2) is 42.6 Å². The second-order valence-electron chi connectivity index (χ2n) is 3.81. The average Bonchev–Trinajstić information content (AvgIpc) is 2.86. The number of nitrogens with one attached hydrogen (secondary N) is 1. The van der Waals surface area contributed by atoms with E-state index in [4.69, 9.17) is 17.3 Å². The number of benzene rings is 1. The number of aromatic nitrogens is 1. The Bertz CT molecular complexity index is 622. The molecule has 0 radical (unpaired) electrons. The molecule has 1 amide bonds. The summed E-state index contributed by atoms with van der Waals surface area (Å²) in [5, 5.41) is 0.366. The number of nitrogens with zero attached hydrogens (tertiary/aromatic N) is 1. The van der Waals surface area contributed by atoms with Crippen LogP contribution >= 0.6 is 11.6 Å². The van der Waals surface area contributed by atoms with Crippen molar-refractivity contribution in [2.75, 3.05) is 12.0 Å². The number of hydrogen-bond donors (Lipinski definition) is 2. The molecule has 2 rings (SSSR count). The largest absolute Gasteiger partial charge is 0.322 e. The lowest BCUT2D eigenvalue weighted by Crippen LogP contribution is -2.30. The summed E-state index contributed by atoms with van der Waals surface area (Å²) in [4.78, 5) is 23.6. The van der Waals surface area contributed by atoms with Crippen LogP contribution in [0, 0.1) is 0 Å². The molecule has 1 aromatic carbocycles. The Morgan fingerprint density at radius 2 is 1.95 bits per heavy atom. The number of amides is 1. The first-order chi connectivity index (χ1) is 9.13. The minimum absolute atomic E-state index is 0.155. The molecule has 0 fully saturated rings. The predicted octanol–water partition coefficient (Wildman–Crippen LogP) is 1.40. The highest BCUT2D eigenvalue weighted by molar-refractivity contribution is 6.34. The second-order valence-corrected chi connectivity index (χ2v) is 4.22. The van der Waals surface area contributed by atoms with Crippen LogP contribution < -0.4 is 11.2 Å². The molecular weight excluding hydrogens is 266 g/mol. The van der Waals surface area contributed by atoms with Crippen LogP contribution in [0.5, 0.6) is 0 Å². The molecule has 0 saturated carbocycles. The van der Waals surface area contributed by atoms with Gasteiger partial charge in [-0.3, -0.25) is 19.7 Å². The van der Waals surface area contributed by atoms with Gasteiger partial charge in [0.15, 0.2) is 0 Å². The lowest BCUT2D eigenvalue weighted by molar-refractivity contribution is -0.115. The second kappa shape index (κ2) is 5.69. The molecule has 0 unspecified atom stereocenters. The van der Waals surface area contributed by atoms with Gasteiger partial charge in [-0.25, -0.2) is 0 Å². The van der Waals surface area contributed by atoms with Crippen LogP contribution in [0.25, 0.3) is 0 Å². The van der Waals surface area contributed by atoms with Crippen LogP contribution in [-0.2, 0) is 4.79 Å². The molecule has 2 aromatic rings. The average molecular weight is 278 g/mol. The smallest absolute Gasteiger partial charge is 0.252 e. The first-order valence-corrected chi connectivity index (χ1v) is 5.98. The van der Waals surface area contributed by atoms with Crippen molar-refractivity contribution in [1.29, 1.82) is 0 Å². The molecule has 0 bridgehead atoms. The van der Waals surface area contributed by atoms with E-state index in [0.717, 1.165) is 0 Å². The molecule has 0 aliphatic heterocycles. The Morgan fingerprint density at radius 1 is 1.21 bits per heavy atom. The van der Waals surface area contributed by atoms with E-state index in [-0.39, 0.29) is 18.2 Å². The topological polar surface area (TPSA) is 77.1 Å². The monoisotopic (exact) mass is 277 g/mol. The lowest BCUT2D eigenvalue weighted by atomic mass is 10.1. The molecule has 0 aliphatic carbocycles. The third-order valence-electron chi connectivity index (χ3n) is 2.53. The standard InChI is InChI=1S/C13H12ClN3O2/c14-10-5-2-1-4-9(10)13(19)11-6-3-7-17(11)16-12(18)8-15/h1-7H,8,15H2,(H,16,18). The van der Waals surface area contributed by atoms with E-state index in [1.54, 1.807) is 42.6 Å². The highest BCUT2D eigenvalue weighted by Crippen LogP contribution is 2.19. The van der Waals surface area contributed by atoms with Gasteiger partial charge < -0.3 is 5.73 Å². The maximum absolute atomic E-state index is 12.3.